The molecule has 108 valence electrons. The fourth-order valence-corrected chi connectivity index (χ4v) is 3.87. The number of carbonyl (C=O) groups is 1. The van der Waals surface area contributed by atoms with E-state index >= 15 is 0 Å². The summed E-state index contributed by atoms with van der Waals surface area (Å²) in [5, 5.41) is 9.97. The van der Waals surface area contributed by atoms with Gasteiger partial charge in [0.15, 0.2) is 5.78 Å². The van der Waals surface area contributed by atoms with Gasteiger partial charge in [-0.05, 0) is 37.8 Å². The number of likely N-dealkylation sites (tertiary alicyclic amines) is 1. The number of Topliss-reactive ketones (excluding diaryl/α,β-unsaturated/α-hetero) is 1. The van der Waals surface area contributed by atoms with Gasteiger partial charge in [-0.1, -0.05) is 28.1 Å². The summed E-state index contributed by atoms with van der Waals surface area (Å²) in [7, 11) is 0. The Balaban J connectivity index is 1.69. The second-order valence-electron chi connectivity index (χ2n) is 6.07. The van der Waals surface area contributed by atoms with E-state index in [1.807, 2.05) is 31.2 Å². The SMILES string of the molecule is CC(C(=O)c1ccc(Br)cc1)N1CC2CCC(O)C2C1. The number of nitrogens with zero attached hydrogens (tertiary/aromatic N) is 1. The lowest BCUT2D eigenvalue weighted by Crippen LogP contribution is -2.38. The summed E-state index contributed by atoms with van der Waals surface area (Å²) in [4.78, 5) is 14.8. The van der Waals surface area contributed by atoms with Crippen molar-refractivity contribution in [2.24, 2.45) is 11.8 Å². The van der Waals surface area contributed by atoms with Gasteiger partial charge in [-0.3, -0.25) is 9.69 Å². The monoisotopic (exact) mass is 337 g/mol. The van der Waals surface area contributed by atoms with Crippen LogP contribution in [0.15, 0.2) is 28.7 Å². The van der Waals surface area contributed by atoms with E-state index in [-0.39, 0.29) is 17.9 Å². The number of carbonyl (C=O) groups excluding carboxylic acids is 1. The fourth-order valence-electron chi connectivity index (χ4n) is 3.61. The maximum atomic E-state index is 12.5. The maximum Gasteiger partial charge on any atom is 0.179 e. The molecule has 0 spiro atoms. The number of hydrogen-bond donors (Lipinski definition) is 1. The van der Waals surface area contributed by atoms with Crippen LogP contribution in [0, 0.1) is 11.8 Å². The third-order valence-electron chi connectivity index (χ3n) is 4.90. The standard InChI is InChI=1S/C16H20BrNO2/c1-10(16(20)11-2-5-13(17)6-3-11)18-8-12-4-7-15(19)14(12)9-18/h2-3,5-6,10,12,14-15,19H,4,7-9H2,1H3. The first-order chi connectivity index (χ1) is 9.56. The molecule has 4 atom stereocenters. The zero-order chi connectivity index (χ0) is 14.3. The molecule has 0 radical (unpaired) electrons. The molecule has 1 saturated heterocycles. The summed E-state index contributed by atoms with van der Waals surface area (Å²) >= 11 is 3.39. The van der Waals surface area contributed by atoms with Crippen molar-refractivity contribution in [2.45, 2.75) is 31.9 Å². The summed E-state index contributed by atoms with van der Waals surface area (Å²) in [6.07, 6.45) is 1.86. The molecule has 1 aromatic carbocycles. The highest BCUT2D eigenvalue weighted by Gasteiger charge is 2.43. The lowest BCUT2D eigenvalue weighted by molar-refractivity contribution is 0.0826. The molecule has 1 aliphatic heterocycles. The first kappa shape index (κ1) is 14.2. The normalized spacial score (nSPS) is 31.2. The Labute approximate surface area is 128 Å². The molecule has 4 unspecified atom stereocenters. The Bertz CT molecular complexity index is 502. The molecular formula is C16H20BrNO2. The van der Waals surface area contributed by atoms with Crippen molar-refractivity contribution in [1.29, 1.82) is 0 Å². The number of aliphatic hydroxyl groups is 1. The minimum absolute atomic E-state index is 0.103. The Hall–Kier alpha value is -0.710. The Morgan fingerprint density at radius 2 is 2.00 bits per heavy atom. The van der Waals surface area contributed by atoms with E-state index in [2.05, 4.69) is 20.8 Å². The van der Waals surface area contributed by atoms with Crippen molar-refractivity contribution in [3.8, 4) is 0 Å². The van der Waals surface area contributed by atoms with Crippen LogP contribution in [-0.4, -0.2) is 41.0 Å². The fraction of sp³-hybridized carbons (Fsp3) is 0.562. The molecule has 4 heteroatoms. The minimum Gasteiger partial charge on any atom is -0.393 e. The number of ketones is 1. The van der Waals surface area contributed by atoms with Crippen molar-refractivity contribution >= 4 is 21.7 Å². The van der Waals surface area contributed by atoms with E-state index in [4.69, 9.17) is 0 Å². The summed E-state index contributed by atoms with van der Waals surface area (Å²) in [5.74, 6) is 1.12. The lowest BCUT2D eigenvalue weighted by atomic mass is 10.00. The van der Waals surface area contributed by atoms with Crippen LogP contribution >= 0.6 is 15.9 Å². The molecule has 2 fully saturated rings. The quantitative estimate of drug-likeness (QED) is 0.862. The van der Waals surface area contributed by atoms with Crippen LogP contribution in [0.5, 0.6) is 0 Å². The Kier molecular flexibility index (Phi) is 3.98. The van der Waals surface area contributed by atoms with E-state index in [1.54, 1.807) is 0 Å². The maximum absolute atomic E-state index is 12.5. The molecule has 3 rings (SSSR count). The first-order valence-electron chi connectivity index (χ1n) is 7.28. The summed E-state index contributed by atoms with van der Waals surface area (Å²) in [5.41, 5.74) is 0.762. The molecule has 0 aromatic heterocycles. The number of hydrogen-bond acceptors (Lipinski definition) is 3. The van der Waals surface area contributed by atoms with Crippen LogP contribution in [0.1, 0.15) is 30.1 Å². The lowest BCUT2D eigenvalue weighted by Gasteiger charge is -2.24. The molecule has 3 nitrogen and oxygen atoms in total. The topological polar surface area (TPSA) is 40.5 Å². The molecular weight excluding hydrogens is 318 g/mol. The summed E-state index contributed by atoms with van der Waals surface area (Å²) in [6.45, 7) is 3.79. The number of fused-ring (bicyclic) bond motifs is 1. The zero-order valence-corrected chi connectivity index (χ0v) is 13.2. The smallest absolute Gasteiger partial charge is 0.179 e. The molecule has 1 N–H and O–H groups in total. The van der Waals surface area contributed by atoms with Crippen molar-refractivity contribution in [3.05, 3.63) is 34.3 Å². The predicted molar refractivity (Wildman–Crippen MR) is 81.7 cm³/mol. The van der Waals surface area contributed by atoms with Crippen LogP contribution < -0.4 is 0 Å². The highest BCUT2D eigenvalue weighted by atomic mass is 79.9. The van der Waals surface area contributed by atoms with E-state index in [1.165, 1.54) is 0 Å². The van der Waals surface area contributed by atoms with Crippen molar-refractivity contribution in [2.75, 3.05) is 13.1 Å². The molecule has 1 saturated carbocycles. The van der Waals surface area contributed by atoms with Crippen LogP contribution in [0.3, 0.4) is 0 Å². The number of aliphatic hydroxyl groups excluding tert-OH is 1. The van der Waals surface area contributed by atoms with E-state index in [9.17, 15) is 9.90 Å². The van der Waals surface area contributed by atoms with Crippen LogP contribution in [-0.2, 0) is 0 Å². The van der Waals surface area contributed by atoms with E-state index in [0.29, 0.717) is 11.8 Å². The summed E-state index contributed by atoms with van der Waals surface area (Å²) in [6, 6.07) is 7.45. The zero-order valence-electron chi connectivity index (χ0n) is 11.6. The van der Waals surface area contributed by atoms with Gasteiger partial charge in [0.25, 0.3) is 0 Å². The number of halogens is 1. The number of benzene rings is 1. The second kappa shape index (κ2) is 5.58. The van der Waals surface area contributed by atoms with Crippen LogP contribution in [0.2, 0.25) is 0 Å². The second-order valence-corrected chi connectivity index (χ2v) is 6.99. The first-order valence-corrected chi connectivity index (χ1v) is 8.07. The molecule has 0 bridgehead atoms. The third-order valence-corrected chi connectivity index (χ3v) is 5.43. The van der Waals surface area contributed by atoms with Gasteiger partial charge in [-0.15, -0.1) is 0 Å². The van der Waals surface area contributed by atoms with Gasteiger partial charge < -0.3 is 5.11 Å². The molecule has 1 aliphatic carbocycles. The highest BCUT2D eigenvalue weighted by molar-refractivity contribution is 9.10. The van der Waals surface area contributed by atoms with E-state index in [0.717, 1.165) is 36.0 Å². The van der Waals surface area contributed by atoms with Gasteiger partial charge in [0.2, 0.25) is 0 Å². The molecule has 20 heavy (non-hydrogen) atoms. The van der Waals surface area contributed by atoms with Gasteiger partial charge in [0.05, 0.1) is 12.1 Å². The van der Waals surface area contributed by atoms with Gasteiger partial charge in [0.1, 0.15) is 0 Å². The molecule has 1 heterocycles. The van der Waals surface area contributed by atoms with Gasteiger partial charge in [0, 0.05) is 29.0 Å². The Morgan fingerprint density at radius 3 is 2.65 bits per heavy atom. The van der Waals surface area contributed by atoms with Crippen LogP contribution in [0.4, 0.5) is 0 Å². The van der Waals surface area contributed by atoms with E-state index < -0.39 is 0 Å². The highest BCUT2D eigenvalue weighted by Crippen LogP contribution is 2.39. The molecule has 2 aliphatic rings. The minimum atomic E-state index is -0.167. The average Bonchev–Trinajstić information content (AvgIpc) is 3.01. The van der Waals surface area contributed by atoms with Gasteiger partial charge in [-0.25, -0.2) is 0 Å². The van der Waals surface area contributed by atoms with Crippen molar-refractivity contribution in [1.82, 2.24) is 4.90 Å². The van der Waals surface area contributed by atoms with Gasteiger partial charge in [-0.2, -0.15) is 0 Å². The van der Waals surface area contributed by atoms with Crippen LogP contribution in [0.25, 0.3) is 0 Å². The summed E-state index contributed by atoms with van der Waals surface area (Å²) < 4.78 is 0.987. The third kappa shape index (κ3) is 2.57. The van der Waals surface area contributed by atoms with Gasteiger partial charge >= 0.3 is 0 Å². The predicted octanol–water partition coefficient (Wildman–Crippen LogP) is 2.72. The molecule has 0 amide bonds. The number of rotatable bonds is 3. The van der Waals surface area contributed by atoms with Crippen molar-refractivity contribution < 1.29 is 9.90 Å². The largest absolute Gasteiger partial charge is 0.393 e. The van der Waals surface area contributed by atoms with Crippen molar-refractivity contribution in [3.63, 3.8) is 0 Å². The average molecular weight is 338 g/mol. The Morgan fingerprint density at radius 1 is 1.30 bits per heavy atom. The molecule has 1 aromatic rings.